The van der Waals surface area contributed by atoms with Gasteiger partial charge in [0.15, 0.2) is 0 Å². The average molecular weight is 363 g/mol. The molecule has 0 saturated carbocycles. The van der Waals surface area contributed by atoms with Crippen molar-refractivity contribution in [2.45, 2.75) is 40.5 Å². The summed E-state index contributed by atoms with van der Waals surface area (Å²) in [5, 5.41) is 3.95. The Balaban J connectivity index is 2.49. The fraction of sp³-hybridized carbons (Fsp3) is 0.333. The first kappa shape index (κ1) is 18.4. The molecular formula is C18H23BrN2O. The van der Waals surface area contributed by atoms with Crippen molar-refractivity contribution >= 4 is 28.1 Å². The van der Waals surface area contributed by atoms with Crippen molar-refractivity contribution in [2.24, 2.45) is 5.10 Å². The van der Waals surface area contributed by atoms with Crippen LogP contribution in [0.1, 0.15) is 49.5 Å². The van der Waals surface area contributed by atoms with Crippen LogP contribution in [0.15, 0.2) is 51.1 Å². The van der Waals surface area contributed by atoms with Crippen LogP contribution in [0.25, 0.3) is 0 Å². The standard InChI is InChI=1S/C18H23BrN2O/c1-13(2)6-5-7-14(3)10-11-20-21-18(22)16-9-8-15(4)17(19)12-16/h6,8-12H,5,7H2,1-4H3,(H,21,22)/b14-10-,20-11+. The first-order chi connectivity index (χ1) is 10.4. The second kappa shape index (κ2) is 9.36. The molecule has 1 N–H and O–H groups in total. The second-order valence-electron chi connectivity index (χ2n) is 5.52. The van der Waals surface area contributed by atoms with Crippen LogP contribution in [-0.2, 0) is 0 Å². The largest absolute Gasteiger partial charge is 0.271 e. The Hall–Kier alpha value is -1.68. The van der Waals surface area contributed by atoms with Crippen molar-refractivity contribution in [3.63, 3.8) is 0 Å². The Morgan fingerprint density at radius 3 is 2.68 bits per heavy atom. The zero-order valence-electron chi connectivity index (χ0n) is 13.6. The Morgan fingerprint density at radius 2 is 2.05 bits per heavy atom. The number of hydrogen-bond acceptors (Lipinski definition) is 2. The normalized spacial score (nSPS) is 11.6. The minimum atomic E-state index is -0.215. The molecule has 0 aromatic heterocycles. The van der Waals surface area contributed by atoms with E-state index in [1.165, 1.54) is 11.1 Å². The quantitative estimate of drug-likeness (QED) is 0.423. The third kappa shape index (κ3) is 6.85. The van der Waals surface area contributed by atoms with Crippen molar-refractivity contribution in [1.29, 1.82) is 0 Å². The molecule has 0 atom stereocenters. The van der Waals surface area contributed by atoms with Crippen LogP contribution in [0.5, 0.6) is 0 Å². The van der Waals surface area contributed by atoms with E-state index in [-0.39, 0.29) is 5.91 Å². The third-order valence-electron chi connectivity index (χ3n) is 3.12. The van der Waals surface area contributed by atoms with Gasteiger partial charge in [-0.1, -0.05) is 39.2 Å². The van der Waals surface area contributed by atoms with Gasteiger partial charge in [-0.2, -0.15) is 5.10 Å². The van der Waals surface area contributed by atoms with Crippen molar-refractivity contribution in [3.8, 4) is 0 Å². The highest BCUT2D eigenvalue weighted by Crippen LogP contribution is 2.17. The summed E-state index contributed by atoms with van der Waals surface area (Å²) in [5.74, 6) is -0.215. The maximum atomic E-state index is 11.9. The molecule has 0 spiro atoms. The summed E-state index contributed by atoms with van der Waals surface area (Å²) >= 11 is 3.42. The number of carbonyl (C=O) groups is 1. The zero-order valence-corrected chi connectivity index (χ0v) is 15.2. The first-order valence-corrected chi connectivity index (χ1v) is 8.08. The average Bonchev–Trinajstić information content (AvgIpc) is 2.46. The van der Waals surface area contributed by atoms with E-state index in [9.17, 15) is 4.79 Å². The van der Waals surface area contributed by atoms with Crippen molar-refractivity contribution in [3.05, 3.63) is 57.1 Å². The highest BCUT2D eigenvalue weighted by atomic mass is 79.9. The molecule has 22 heavy (non-hydrogen) atoms. The number of allylic oxidation sites excluding steroid dienone is 4. The van der Waals surface area contributed by atoms with E-state index in [4.69, 9.17) is 0 Å². The van der Waals surface area contributed by atoms with Crippen molar-refractivity contribution in [2.75, 3.05) is 0 Å². The molecule has 0 bridgehead atoms. The summed E-state index contributed by atoms with van der Waals surface area (Å²) in [5.41, 5.74) is 6.76. The van der Waals surface area contributed by atoms with Gasteiger partial charge in [-0.05, 0) is 64.3 Å². The molecule has 0 aliphatic heterocycles. The molecule has 1 aromatic rings. The van der Waals surface area contributed by atoms with Gasteiger partial charge in [0.05, 0.1) is 0 Å². The number of nitrogens with zero attached hydrogens (tertiary/aromatic N) is 1. The van der Waals surface area contributed by atoms with Crippen LogP contribution in [0.3, 0.4) is 0 Å². The van der Waals surface area contributed by atoms with Crippen LogP contribution < -0.4 is 5.43 Å². The van der Waals surface area contributed by atoms with E-state index in [2.05, 4.69) is 53.3 Å². The van der Waals surface area contributed by atoms with Crippen molar-refractivity contribution < 1.29 is 4.79 Å². The molecule has 1 aromatic carbocycles. The third-order valence-corrected chi connectivity index (χ3v) is 3.98. The molecule has 118 valence electrons. The van der Waals surface area contributed by atoms with Crippen LogP contribution >= 0.6 is 15.9 Å². The van der Waals surface area contributed by atoms with Crippen LogP contribution in [0, 0.1) is 6.92 Å². The minimum absolute atomic E-state index is 0.215. The fourth-order valence-electron chi connectivity index (χ4n) is 1.73. The van der Waals surface area contributed by atoms with Gasteiger partial charge in [0.2, 0.25) is 0 Å². The molecule has 4 heteroatoms. The number of aryl methyl sites for hydroxylation is 1. The van der Waals surface area contributed by atoms with Crippen molar-refractivity contribution in [1.82, 2.24) is 5.43 Å². The lowest BCUT2D eigenvalue weighted by Gasteiger charge is -2.02. The van der Waals surface area contributed by atoms with Gasteiger partial charge in [-0.25, -0.2) is 5.43 Å². The number of halogens is 1. The Bertz CT molecular complexity index is 612. The minimum Gasteiger partial charge on any atom is -0.267 e. The number of nitrogens with one attached hydrogen (secondary N) is 1. The predicted octanol–water partition coefficient (Wildman–Crippen LogP) is 5.17. The zero-order chi connectivity index (χ0) is 16.5. The Labute approximate surface area is 141 Å². The number of carbonyl (C=O) groups excluding carboxylic acids is 1. The topological polar surface area (TPSA) is 41.5 Å². The highest BCUT2D eigenvalue weighted by Gasteiger charge is 2.05. The monoisotopic (exact) mass is 362 g/mol. The molecule has 0 saturated heterocycles. The molecule has 1 amide bonds. The molecule has 0 fully saturated rings. The maximum Gasteiger partial charge on any atom is 0.271 e. The van der Waals surface area contributed by atoms with E-state index < -0.39 is 0 Å². The van der Waals surface area contributed by atoms with Gasteiger partial charge in [-0.3, -0.25) is 4.79 Å². The Morgan fingerprint density at radius 1 is 1.32 bits per heavy atom. The smallest absolute Gasteiger partial charge is 0.267 e. The van der Waals surface area contributed by atoms with Gasteiger partial charge in [0, 0.05) is 16.3 Å². The summed E-state index contributed by atoms with van der Waals surface area (Å²) in [6.45, 7) is 8.23. The molecule has 3 nitrogen and oxygen atoms in total. The van der Waals surface area contributed by atoms with Gasteiger partial charge < -0.3 is 0 Å². The number of amides is 1. The molecular weight excluding hydrogens is 340 g/mol. The van der Waals surface area contributed by atoms with E-state index in [0.29, 0.717) is 5.56 Å². The van der Waals surface area contributed by atoms with Crippen LogP contribution in [0.4, 0.5) is 0 Å². The molecule has 1 rings (SSSR count). The van der Waals surface area contributed by atoms with E-state index in [1.807, 2.05) is 19.1 Å². The predicted molar refractivity (Wildman–Crippen MR) is 97.3 cm³/mol. The summed E-state index contributed by atoms with van der Waals surface area (Å²) < 4.78 is 0.916. The summed E-state index contributed by atoms with van der Waals surface area (Å²) in [6.07, 6.45) is 7.78. The summed E-state index contributed by atoms with van der Waals surface area (Å²) in [6, 6.07) is 5.47. The van der Waals surface area contributed by atoms with E-state index in [0.717, 1.165) is 22.9 Å². The van der Waals surface area contributed by atoms with Gasteiger partial charge in [0.25, 0.3) is 5.91 Å². The van der Waals surface area contributed by atoms with Gasteiger partial charge >= 0.3 is 0 Å². The second-order valence-corrected chi connectivity index (χ2v) is 6.37. The molecule has 0 heterocycles. The van der Waals surface area contributed by atoms with Crippen LogP contribution in [0.2, 0.25) is 0 Å². The lowest BCUT2D eigenvalue weighted by atomic mass is 10.1. The lowest BCUT2D eigenvalue weighted by molar-refractivity contribution is 0.0955. The van der Waals surface area contributed by atoms with E-state index in [1.54, 1.807) is 18.3 Å². The SMILES string of the molecule is CC(C)=CCC/C(C)=C\C=N\NC(=O)c1ccc(C)c(Br)c1. The van der Waals surface area contributed by atoms with Gasteiger partial charge in [-0.15, -0.1) is 0 Å². The molecule has 0 unspecified atom stereocenters. The summed E-state index contributed by atoms with van der Waals surface area (Å²) in [4.78, 5) is 11.9. The summed E-state index contributed by atoms with van der Waals surface area (Å²) in [7, 11) is 0. The molecule has 0 aliphatic carbocycles. The van der Waals surface area contributed by atoms with E-state index >= 15 is 0 Å². The first-order valence-electron chi connectivity index (χ1n) is 7.29. The number of benzene rings is 1. The number of hydrazone groups is 1. The molecule has 0 aliphatic rings. The Kier molecular flexibility index (Phi) is 7.82. The molecule has 0 radical (unpaired) electrons. The van der Waals surface area contributed by atoms with Crippen LogP contribution in [-0.4, -0.2) is 12.1 Å². The fourth-order valence-corrected chi connectivity index (χ4v) is 2.11. The van der Waals surface area contributed by atoms with Gasteiger partial charge in [0.1, 0.15) is 0 Å². The maximum absolute atomic E-state index is 11.9. The highest BCUT2D eigenvalue weighted by molar-refractivity contribution is 9.10. The number of rotatable bonds is 6. The lowest BCUT2D eigenvalue weighted by Crippen LogP contribution is -2.17. The number of hydrogen-bond donors (Lipinski definition) is 1.